The van der Waals surface area contributed by atoms with Crippen LogP contribution in [0, 0.1) is 6.92 Å². The number of urea groups is 1. The van der Waals surface area contributed by atoms with E-state index in [0.717, 1.165) is 0 Å². The van der Waals surface area contributed by atoms with Crippen molar-refractivity contribution < 1.29 is 9.32 Å². The highest BCUT2D eigenvalue weighted by molar-refractivity contribution is 6.42. The molecule has 0 bridgehead atoms. The van der Waals surface area contributed by atoms with Crippen LogP contribution in [0.5, 0.6) is 0 Å². The summed E-state index contributed by atoms with van der Waals surface area (Å²) in [5.41, 5.74) is 1.21. The van der Waals surface area contributed by atoms with Gasteiger partial charge in [-0.15, -0.1) is 0 Å². The van der Waals surface area contributed by atoms with Crippen molar-refractivity contribution in [1.29, 1.82) is 0 Å². The van der Waals surface area contributed by atoms with Crippen LogP contribution in [-0.4, -0.2) is 11.2 Å². The second-order valence-electron chi connectivity index (χ2n) is 3.54. The number of nitrogens with zero attached hydrogens (tertiary/aromatic N) is 1. The smallest absolute Gasteiger partial charge is 0.326 e. The van der Waals surface area contributed by atoms with Crippen LogP contribution in [0.3, 0.4) is 0 Å². The predicted octanol–water partition coefficient (Wildman–Crippen LogP) is 3.93. The molecular formula is C11H9Cl2N3O2. The molecule has 0 saturated heterocycles. The van der Waals surface area contributed by atoms with Crippen molar-refractivity contribution >= 4 is 40.8 Å². The van der Waals surface area contributed by atoms with Gasteiger partial charge in [0.15, 0.2) is 0 Å². The first-order chi connectivity index (χ1) is 8.54. The molecule has 2 rings (SSSR count). The molecule has 0 aliphatic carbocycles. The lowest BCUT2D eigenvalue weighted by molar-refractivity contribution is 0.261. The van der Waals surface area contributed by atoms with Gasteiger partial charge in [-0.05, 0) is 25.1 Å². The molecule has 0 aliphatic rings. The highest BCUT2D eigenvalue weighted by atomic mass is 35.5. The third kappa shape index (κ3) is 3.15. The molecule has 0 saturated carbocycles. The summed E-state index contributed by atoms with van der Waals surface area (Å²) in [6.45, 7) is 1.76. The number of anilines is 2. The number of hydrogen-bond donors (Lipinski definition) is 2. The number of rotatable bonds is 2. The molecule has 5 nitrogen and oxygen atoms in total. The molecular weight excluding hydrogens is 277 g/mol. The molecule has 0 radical (unpaired) electrons. The van der Waals surface area contributed by atoms with Crippen molar-refractivity contribution in [3.63, 3.8) is 0 Å². The number of aryl methyl sites for hydroxylation is 1. The topological polar surface area (TPSA) is 67.2 Å². The Morgan fingerprint density at radius 2 is 2.00 bits per heavy atom. The molecule has 0 atom stereocenters. The molecule has 2 aromatic rings. The van der Waals surface area contributed by atoms with Gasteiger partial charge in [0.1, 0.15) is 0 Å². The van der Waals surface area contributed by atoms with Gasteiger partial charge >= 0.3 is 6.03 Å². The van der Waals surface area contributed by atoms with E-state index in [4.69, 9.17) is 27.7 Å². The summed E-state index contributed by atoms with van der Waals surface area (Å²) in [6.07, 6.45) is 0. The quantitative estimate of drug-likeness (QED) is 0.878. The van der Waals surface area contributed by atoms with Gasteiger partial charge in [0.05, 0.1) is 15.7 Å². The number of halogens is 2. The lowest BCUT2D eigenvalue weighted by Crippen LogP contribution is -2.18. The number of benzene rings is 1. The number of hydrogen-bond acceptors (Lipinski definition) is 3. The van der Waals surface area contributed by atoms with Gasteiger partial charge in [0, 0.05) is 11.8 Å². The van der Waals surface area contributed by atoms with E-state index < -0.39 is 6.03 Å². The summed E-state index contributed by atoms with van der Waals surface area (Å²) in [7, 11) is 0. The van der Waals surface area contributed by atoms with E-state index in [9.17, 15) is 4.79 Å². The highest BCUT2D eigenvalue weighted by Gasteiger charge is 2.07. The minimum atomic E-state index is -0.454. The minimum Gasteiger partial charge on any atom is -0.338 e. The van der Waals surface area contributed by atoms with Gasteiger partial charge < -0.3 is 9.84 Å². The zero-order chi connectivity index (χ0) is 13.1. The van der Waals surface area contributed by atoms with Crippen molar-refractivity contribution in [2.45, 2.75) is 6.92 Å². The molecule has 2 amide bonds. The standard InChI is InChI=1S/C11H9Cl2N3O2/c1-6-4-10(18-16-6)15-11(17)14-7-2-3-8(12)9(13)5-7/h2-5H,1H3,(H2,14,15,17). The Morgan fingerprint density at radius 1 is 1.22 bits per heavy atom. The third-order valence-corrected chi connectivity index (χ3v) is 2.78. The van der Waals surface area contributed by atoms with Crippen molar-refractivity contribution in [3.8, 4) is 0 Å². The van der Waals surface area contributed by atoms with E-state index in [-0.39, 0.29) is 5.88 Å². The maximum Gasteiger partial charge on any atom is 0.326 e. The van der Waals surface area contributed by atoms with E-state index in [1.807, 2.05) is 0 Å². The largest absolute Gasteiger partial charge is 0.338 e. The predicted molar refractivity (Wildman–Crippen MR) is 70.3 cm³/mol. The molecule has 1 heterocycles. The lowest BCUT2D eigenvalue weighted by atomic mass is 10.3. The SMILES string of the molecule is Cc1cc(NC(=O)Nc2ccc(Cl)c(Cl)c2)on1. The molecule has 18 heavy (non-hydrogen) atoms. The number of aromatic nitrogens is 1. The van der Waals surface area contributed by atoms with Crippen LogP contribution in [0.15, 0.2) is 28.8 Å². The average molecular weight is 286 g/mol. The molecule has 0 fully saturated rings. The van der Waals surface area contributed by atoms with Crippen LogP contribution in [0.4, 0.5) is 16.4 Å². The molecule has 94 valence electrons. The fourth-order valence-electron chi connectivity index (χ4n) is 1.27. The molecule has 0 spiro atoms. The van der Waals surface area contributed by atoms with Crippen molar-refractivity contribution in [2.75, 3.05) is 10.6 Å². The van der Waals surface area contributed by atoms with E-state index in [0.29, 0.717) is 21.4 Å². The number of nitrogens with one attached hydrogen (secondary N) is 2. The van der Waals surface area contributed by atoms with Crippen molar-refractivity contribution in [2.24, 2.45) is 0 Å². The van der Waals surface area contributed by atoms with Crippen LogP contribution in [-0.2, 0) is 0 Å². The Hall–Kier alpha value is -1.72. The Kier molecular flexibility index (Phi) is 3.74. The average Bonchev–Trinajstić information content (AvgIpc) is 2.69. The summed E-state index contributed by atoms with van der Waals surface area (Å²) >= 11 is 11.6. The number of carbonyl (C=O) groups excluding carboxylic acids is 1. The van der Waals surface area contributed by atoms with Gasteiger partial charge in [-0.2, -0.15) is 0 Å². The summed E-state index contributed by atoms with van der Waals surface area (Å²) in [6, 6.07) is 5.94. The first-order valence-electron chi connectivity index (χ1n) is 5.01. The van der Waals surface area contributed by atoms with E-state index in [1.54, 1.807) is 31.2 Å². The molecule has 1 aromatic carbocycles. The minimum absolute atomic E-state index is 0.269. The van der Waals surface area contributed by atoms with Gasteiger partial charge in [0.25, 0.3) is 0 Å². The zero-order valence-corrected chi connectivity index (χ0v) is 10.8. The Balaban J connectivity index is 2.00. The van der Waals surface area contributed by atoms with E-state index >= 15 is 0 Å². The molecule has 0 unspecified atom stereocenters. The maximum atomic E-state index is 11.6. The third-order valence-electron chi connectivity index (χ3n) is 2.04. The molecule has 1 aromatic heterocycles. The maximum absolute atomic E-state index is 11.6. The second-order valence-corrected chi connectivity index (χ2v) is 4.35. The Bertz CT molecular complexity index is 583. The monoisotopic (exact) mass is 285 g/mol. The molecule has 0 aliphatic heterocycles. The number of carbonyl (C=O) groups is 1. The summed E-state index contributed by atoms with van der Waals surface area (Å²) in [4.78, 5) is 11.6. The van der Waals surface area contributed by atoms with Crippen molar-refractivity contribution in [1.82, 2.24) is 5.16 Å². The first-order valence-corrected chi connectivity index (χ1v) is 5.76. The zero-order valence-electron chi connectivity index (χ0n) is 9.33. The highest BCUT2D eigenvalue weighted by Crippen LogP contribution is 2.25. The number of amides is 2. The van der Waals surface area contributed by atoms with E-state index in [1.165, 1.54) is 0 Å². The summed E-state index contributed by atoms with van der Waals surface area (Å²) < 4.78 is 4.85. The van der Waals surface area contributed by atoms with Gasteiger partial charge in [-0.25, -0.2) is 4.79 Å². The first kappa shape index (κ1) is 12.7. The van der Waals surface area contributed by atoms with Crippen LogP contribution >= 0.6 is 23.2 Å². The summed E-state index contributed by atoms with van der Waals surface area (Å²) in [5, 5.41) is 9.51. The Morgan fingerprint density at radius 3 is 2.61 bits per heavy atom. The van der Waals surface area contributed by atoms with Crippen LogP contribution in [0.1, 0.15) is 5.69 Å². The van der Waals surface area contributed by atoms with Crippen LogP contribution in [0.2, 0.25) is 10.0 Å². The lowest BCUT2D eigenvalue weighted by Gasteiger charge is -2.05. The Labute approximate surface area is 113 Å². The van der Waals surface area contributed by atoms with Gasteiger partial charge in [-0.1, -0.05) is 28.4 Å². The van der Waals surface area contributed by atoms with Crippen LogP contribution < -0.4 is 10.6 Å². The summed E-state index contributed by atoms with van der Waals surface area (Å²) in [5.74, 6) is 0.269. The second kappa shape index (κ2) is 5.29. The van der Waals surface area contributed by atoms with Crippen LogP contribution in [0.25, 0.3) is 0 Å². The fraction of sp³-hybridized carbons (Fsp3) is 0.0909. The fourth-order valence-corrected chi connectivity index (χ4v) is 1.57. The van der Waals surface area contributed by atoms with Crippen molar-refractivity contribution in [3.05, 3.63) is 40.0 Å². The molecule has 7 heteroatoms. The van der Waals surface area contributed by atoms with E-state index in [2.05, 4.69) is 15.8 Å². The molecule has 2 N–H and O–H groups in total. The normalized spacial score (nSPS) is 10.2. The van der Waals surface area contributed by atoms with Gasteiger partial charge in [0.2, 0.25) is 5.88 Å². The van der Waals surface area contributed by atoms with Gasteiger partial charge in [-0.3, -0.25) is 5.32 Å².